The zero-order valence-corrected chi connectivity index (χ0v) is 16.1. The molecule has 1 heterocycles. The van der Waals surface area contributed by atoms with Gasteiger partial charge in [0, 0.05) is 5.92 Å². The monoisotopic (exact) mass is 387 g/mol. The summed E-state index contributed by atoms with van der Waals surface area (Å²) in [6, 6.07) is 6.31. The first-order chi connectivity index (χ1) is 13.5. The molecule has 0 bridgehead atoms. The van der Waals surface area contributed by atoms with E-state index in [1.807, 2.05) is 6.92 Å². The lowest BCUT2D eigenvalue weighted by Crippen LogP contribution is -2.08. The second-order valence-electron chi connectivity index (χ2n) is 6.06. The maximum Gasteiger partial charge on any atom is 0.373 e. The molecule has 0 N–H and O–H groups in total. The van der Waals surface area contributed by atoms with Crippen molar-refractivity contribution in [1.82, 2.24) is 9.97 Å². The van der Waals surface area contributed by atoms with Crippen LogP contribution in [0.3, 0.4) is 0 Å². The Balaban J connectivity index is 1.91. The molecule has 0 aliphatic heterocycles. The third kappa shape index (κ3) is 4.48. The van der Waals surface area contributed by atoms with E-state index in [4.69, 9.17) is 23.8 Å². The van der Waals surface area contributed by atoms with Crippen LogP contribution in [0.4, 0.5) is 0 Å². The highest BCUT2D eigenvalue weighted by Gasteiger charge is 2.26. The van der Waals surface area contributed by atoms with Gasteiger partial charge in [-0.15, -0.1) is 0 Å². The predicted molar refractivity (Wildman–Crippen MR) is 99.5 cm³/mol. The topological polar surface area (TPSA) is 101 Å². The molecule has 148 valence electrons. The number of nitrogens with zero attached hydrogens (tertiary/aromatic N) is 3. The van der Waals surface area contributed by atoms with E-state index in [1.54, 1.807) is 18.2 Å². The van der Waals surface area contributed by atoms with Crippen molar-refractivity contribution in [2.45, 2.75) is 19.8 Å². The largest absolute Gasteiger partial charge is 0.496 e. The van der Waals surface area contributed by atoms with Crippen molar-refractivity contribution in [1.29, 1.82) is 0 Å². The maximum absolute atomic E-state index is 12.6. The summed E-state index contributed by atoms with van der Waals surface area (Å²) in [6.07, 6.45) is 2.12. The van der Waals surface area contributed by atoms with Crippen LogP contribution in [-0.2, 0) is 4.84 Å². The van der Waals surface area contributed by atoms with E-state index in [1.165, 1.54) is 27.4 Å². The average molecular weight is 387 g/mol. The fraction of sp³-hybridized carbons (Fsp3) is 0.368. The van der Waals surface area contributed by atoms with E-state index >= 15 is 0 Å². The summed E-state index contributed by atoms with van der Waals surface area (Å²) >= 11 is 0. The van der Waals surface area contributed by atoms with E-state index in [-0.39, 0.29) is 34.8 Å². The highest BCUT2D eigenvalue weighted by Crippen LogP contribution is 2.34. The lowest BCUT2D eigenvalue weighted by Gasteiger charge is -2.12. The van der Waals surface area contributed by atoms with Gasteiger partial charge in [-0.25, -0.2) is 4.79 Å². The third-order valence-corrected chi connectivity index (χ3v) is 4.13. The molecule has 9 heteroatoms. The molecular formula is C19H21N3O6. The van der Waals surface area contributed by atoms with E-state index in [0.717, 1.165) is 18.6 Å². The van der Waals surface area contributed by atoms with Gasteiger partial charge in [-0.05, 0) is 31.9 Å². The number of carbonyl (C=O) groups is 1. The lowest BCUT2D eigenvalue weighted by atomic mass is 10.2. The third-order valence-electron chi connectivity index (χ3n) is 4.13. The van der Waals surface area contributed by atoms with Crippen molar-refractivity contribution < 1.29 is 28.6 Å². The van der Waals surface area contributed by atoms with Crippen molar-refractivity contribution in [3.05, 3.63) is 29.8 Å². The van der Waals surface area contributed by atoms with Crippen LogP contribution in [0.25, 0.3) is 0 Å². The van der Waals surface area contributed by atoms with Crippen LogP contribution in [0, 0.1) is 5.92 Å². The number of benzene rings is 1. The highest BCUT2D eigenvalue weighted by molar-refractivity contribution is 5.96. The molecule has 3 rings (SSSR count). The Kier molecular flexibility index (Phi) is 5.93. The minimum absolute atomic E-state index is 0.0591. The van der Waals surface area contributed by atoms with Crippen LogP contribution < -0.4 is 18.9 Å². The average Bonchev–Trinajstić information content (AvgIpc) is 3.56. The van der Waals surface area contributed by atoms with Gasteiger partial charge in [0.2, 0.25) is 11.8 Å². The molecule has 1 saturated carbocycles. The van der Waals surface area contributed by atoms with E-state index in [0.29, 0.717) is 5.92 Å². The Bertz CT molecular complexity index is 873. The first kappa shape index (κ1) is 19.4. The number of hydrogen-bond acceptors (Lipinski definition) is 9. The molecule has 9 nitrogen and oxygen atoms in total. The number of hydrogen-bond donors (Lipinski definition) is 0. The van der Waals surface area contributed by atoms with E-state index in [2.05, 4.69) is 15.1 Å². The zero-order chi connectivity index (χ0) is 20.1. The number of oxime groups is 1. The van der Waals surface area contributed by atoms with Crippen LogP contribution >= 0.6 is 0 Å². The van der Waals surface area contributed by atoms with Crippen molar-refractivity contribution in [2.24, 2.45) is 11.1 Å². The zero-order valence-electron chi connectivity index (χ0n) is 16.1. The summed E-state index contributed by atoms with van der Waals surface area (Å²) in [4.78, 5) is 26.0. The van der Waals surface area contributed by atoms with Crippen molar-refractivity contribution in [2.75, 3.05) is 21.3 Å². The van der Waals surface area contributed by atoms with Gasteiger partial charge in [0.1, 0.15) is 17.1 Å². The maximum atomic E-state index is 12.6. The second-order valence-corrected chi connectivity index (χ2v) is 6.06. The quantitative estimate of drug-likeness (QED) is 0.386. The van der Waals surface area contributed by atoms with Crippen LogP contribution in [0.2, 0.25) is 0 Å². The summed E-state index contributed by atoms with van der Waals surface area (Å²) in [5.74, 6) is 0.605. The summed E-state index contributed by atoms with van der Waals surface area (Å²) in [5.41, 5.74) is 0.856. The summed E-state index contributed by atoms with van der Waals surface area (Å²) in [6.45, 7) is 1.83. The van der Waals surface area contributed by atoms with Gasteiger partial charge < -0.3 is 23.8 Å². The summed E-state index contributed by atoms with van der Waals surface area (Å²) < 4.78 is 21.2. The van der Waals surface area contributed by atoms with Crippen LogP contribution in [-0.4, -0.2) is 43.0 Å². The molecule has 28 heavy (non-hydrogen) atoms. The predicted octanol–water partition coefficient (Wildman–Crippen LogP) is 3.24. The van der Waals surface area contributed by atoms with Crippen LogP contribution in [0.5, 0.6) is 29.3 Å². The molecule has 1 aromatic carbocycles. The lowest BCUT2D eigenvalue weighted by molar-refractivity contribution is 0.0508. The number of rotatable bonds is 8. The molecule has 0 radical (unpaired) electrons. The van der Waals surface area contributed by atoms with E-state index in [9.17, 15) is 4.79 Å². The van der Waals surface area contributed by atoms with Crippen molar-refractivity contribution in [3.63, 3.8) is 0 Å². The normalized spacial score (nSPS) is 13.6. The Hall–Kier alpha value is -3.36. The number of methoxy groups -OCH3 is 3. The van der Waals surface area contributed by atoms with Crippen LogP contribution in [0.1, 0.15) is 30.1 Å². The number of ether oxygens (including phenoxy) is 4. The first-order valence-electron chi connectivity index (χ1n) is 8.63. The minimum Gasteiger partial charge on any atom is -0.496 e. The highest BCUT2D eigenvalue weighted by atomic mass is 16.7. The van der Waals surface area contributed by atoms with Crippen LogP contribution in [0.15, 0.2) is 29.4 Å². The Morgan fingerprint density at radius 2 is 1.68 bits per heavy atom. The minimum atomic E-state index is -0.706. The Morgan fingerprint density at radius 3 is 2.25 bits per heavy atom. The molecule has 1 aliphatic carbocycles. The number of carbonyl (C=O) groups excluding carboxylic acids is 1. The Labute approximate surface area is 162 Å². The molecule has 0 spiro atoms. The molecule has 1 aromatic heterocycles. The van der Waals surface area contributed by atoms with E-state index < -0.39 is 5.97 Å². The molecule has 0 atom stereocenters. The molecule has 1 aliphatic rings. The molecule has 2 aromatic rings. The fourth-order valence-electron chi connectivity index (χ4n) is 2.44. The van der Waals surface area contributed by atoms with Gasteiger partial charge in [-0.3, -0.25) is 0 Å². The standard InChI is InChI=1S/C19H21N3O6/c1-11(12-8-9-12)22-28-18(23)17-13(24-2)6-5-7-14(17)27-19-20-15(25-3)10-16(21-19)26-4/h5-7,10,12H,8-9H2,1-4H3/b22-11+. The van der Waals surface area contributed by atoms with Gasteiger partial charge in [-0.1, -0.05) is 11.2 Å². The molecule has 0 saturated heterocycles. The van der Waals surface area contributed by atoms with Gasteiger partial charge in [-0.2, -0.15) is 9.97 Å². The molecule has 0 unspecified atom stereocenters. The number of aromatic nitrogens is 2. The SMILES string of the molecule is COc1cc(OC)nc(Oc2cccc(OC)c2C(=O)O/N=C(\C)C2CC2)n1. The van der Waals surface area contributed by atoms with Crippen molar-refractivity contribution in [3.8, 4) is 29.3 Å². The van der Waals surface area contributed by atoms with Gasteiger partial charge in [0.05, 0.1) is 33.1 Å². The molecule has 0 amide bonds. The second kappa shape index (κ2) is 8.55. The van der Waals surface area contributed by atoms with Gasteiger partial charge in [0.25, 0.3) is 0 Å². The molecular weight excluding hydrogens is 366 g/mol. The Morgan fingerprint density at radius 1 is 1.04 bits per heavy atom. The van der Waals surface area contributed by atoms with Gasteiger partial charge in [0.15, 0.2) is 0 Å². The fourth-order valence-corrected chi connectivity index (χ4v) is 2.44. The van der Waals surface area contributed by atoms with Gasteiger partial charge >= 0.3 is 12.0 Å². The summed E-state index contributed by atoms with van der Waals surface area (Å²) in [7, 11) is 4.36. The summed E-state index contributed by atoms with van der Waals surface area (Å²) in [5, 5.41) is 3.93. The molecule has 1 fully saturated rings. The first-order valence-corrected chi connectivity index (χ1v) is 8.63. The smallest absolute Gasteiger partial charge is 0.373 e. The van der Waals surface area contributed by atoms with Crippen molar-refractivity contribution >= 4 is 11.7 Å².